The largest absolute Gasteiger partial charge is 0.475 e. The molecule has 188 valence electrons. The molecule has 0 fully saturated rings. The predicted molar refractivity (Wildman–Crippen MR) is 133 cm³/mol. The molecule has 4 N–H and O–H groups in total. The number of aryl methyl sites for hydroxylation is 1. The summed E-state index contributed by atoms with van der Waals surface area (Å²) in [5.74, 6) is -3.03. The van der Waals surface area contributed by atoms with E-state index in [1.807, 2.05) is 26.0 Å². The highest BCUT2D eigenvalue weighted by Gasteiger charge is 2.30. The zero-order chi connectivity index (χ0) is 25.8. The zero-order valence-electron chi connectivity index (χ0n) is 20.6. The van der Waals surface area contributed by atoms with E-state index < -0.39 is 30.8 Å². The van der Waals surface area contributed by atoms with Gasteiger partial charge in [-0.05, 0) is 30.7 Å². The summed E-state index contributed by atoms with van der Waals surface area (Å²) < 4.78 is 0. The number of hydrogen-bond acceptors (Lipinski definition) is 7. The topological polar surface area (TPSA) is 142 Å². The second-order valence-corrected chi connectivity index (χ2v) is 9.08. The van der Waals surface area contributed by atoms with Crippen LogP contribution in [0.2, 0.25) is 0 Å². The number of amides is 2. The summed E-state index contributed by atoms with van der Waals surface area (Å²) in [5.41, 5.74) is 1.70. The first-order valence-corrected chi connectivity index (χ1v) is 12.0. The van der Waals surface area contributed by atoms with E-state index in [1.54, 1.807) is 12.1 Å². The molecule has 9 nitrogen and oxygen atoms in total. The lowest BCUT2D eigenvalue weighted by molar-refractivity contribution is -0.125. The van der Waals surface area contributed by atoms with E-state index in [0.717, 1.165) is 24.8 Å². The summed E-state index contributed by atoms with van der Waals surface area (Å²) in [5, 5.41) is 24.7. The van der Waals surface area contributed by atoms with Crippen molar-refractivity contribution in [3.63, 3.8) is 0 Å². The fourth-order valence-electron chi connectivity index (χ4n) is 3.62. The van der Waals surface area contributed by atoms with Gasteiger partial charge in [0.05, 0.1) is 18.1 Å². The Labute approximate surface area is 206 Å². The number of hydrogen-bond donors (Lipinski definition) is 4. The van der Waals surface area contributed by atoms with E-state index in [9.17, 15) is 24.4 Å². The molecule has 0 aliphatic carbocycles. The van der Waals surface area contributed by atoms with E-state index in [1.165, 1.54) is 18.6 Å². The van der Waals surface area contributed by atoms with Gasteiger partial charge in [-0.3, -0.25) is 19.4 Å². The van der Waals surface area contributed by atoms with Gasteiger partial charge in [0, 0.05) is 30.9 Å². The lowest BCUT2D eigenvalue weighted by Gasteiger charge is -2.23. The normalized spacial score (nSPS) is 12.6. The molecule has 10 heteroatoms. The number of aromatic nitrogens is 2. The van der Waals surface area contributed by atoms with Crippen molar-refractivity contribution in [2.24, 2.45) is 11.8 Å². The van der Waals surface area contributed by atoms with E-state index in [0.29, 0.717) is 12.0 Å². The minimum absolute atomic E-state index is 0.0871. The van der Waals surface area contributed by atoms with Crippen molar-refractivity contribution >= 4 is 24.7 Å². The smallest absolute Gasteiger partial charge is 0.426 e. The van der Waals surface area contributed by atoms with Crippen LogP contribution in [0.5, 0.6) is 0 Å². The molecular weight excluding hydrogens is 447 g/mol. The Bertz CT molecular complexity index is 954. The van der Waals surface area contributed by atoms with Crippen LogP contribution in [-0.2, 0) is 11.2 Å². The summed E-state index contributed by atoms with van der Waals surface area (Å²) >= 11 is 0. The first-order chi connectivity index (χ1) is 16.7. The quantitative estimate of drug-likeness (QED) is 0.238. The number of unbranched alkanes of at least 4 members (excludes halogenated alkanes) is 1. The molecule has 1 aromatic heterocycles. The average Bonchev–Trinajstić information content (AvgIpc) is 2.84. The summed E-state index contributed by atoms with van der Waals surface area (Å²) in [6, 6.07) is 7.32. The predicted octanol–water partition coefficient (Wildman–Crippen LogP) is 1.98. The van der Waals surface area contributed by atoms with Crippen LogP contribution in [0.3, 0.4) is 0 Å². The average molecular weight is 482 g/mol. The minimum Gasteiger partial charge on any atom is -0.426 e. The van der Waals surface area contributed by atoms with Crippen molar-refractivity contribution in [2.75, 3.05) is 6.54 Å². The molecule has 0 bridgehead atoms. The Morgan fingerprint density at radius 2 is 1.80 bits per heavy atom. The van der Waals surface area contributed by atoms with Crippen LogP contribution in [0, 0.1) is 11.8 Å². The van der Waals surface area contributed by atoms with Crippen molar-refractivity contribution in [1.82, 2.24) is 20.6 Å². The number of carbonyl (C=O) groups excluding carboxylic acids is 3. The Morgan fingerprint density at radius 3 is 2.37 bits per heavy atom. The maximum atomic E-state index is 13.1. The zero-order valence-corrected chi connectivity index (χ0v) is 20.6. The molecule has 1 aromatic carbocycles. The third-order valence-corrected chi connectivity index (χ3v) is 5.62. The van der Waals surface area contributed by atoms with Gasteiger partial charge in [-0.15, -0.1) is 0 Å². The summed E-state index contributed by atoms with van der Waals surface area (Å²) in [4.78, 5) is 46.3. The molecule has 0 saturated heterocycles. The van der Waals surface area contributed by atoms with E-state index in [2.05, 4.69) is 27.5 Å². The van der Waals surface area contributed by atoms with Gasteiger partial charge in [-0.25, -0.2) is 4.98 Å². The number of benzene rings is 1. The number of ketones is 1. The number of rotatable bonds is 14. The maximum absolute atomic E-state index is 13.1. The highest BCUT2D eigenvalue weighted by atomic mass is 16.4. The Balaban J connectivity index is 2.14. The first-order valence-electron chi connectivity index (χ1n) is 12.0. The van der Waals surface area contributed by atoms with Crippen molar-refractivity contribution in [2.45, 2.75) is 58.8 Å². The number of carbonyl (C=O) groups is 3. The molecule has 0 spiro atoms. The fraction of sp³-hybridized carbons (Fsp3) is 0.480. The standard InChI is InChI=1S/C25H35BN4O5/c1-4-5-6-18-7-9-19(10-8-18)22(31)14-20(15-29-25(33)21-16-27-11-12-28-21)24(32)30-23(26(34)35)13-17(2)3/h7-12,16-17,20,23,34-35H,4-6,13-15H2,1-3H3,(H,29,33)(H,30,32)/t20-,23-/m0/s1. The monoisotopic (exact) mass is 482 g/mol. The van der Waals surface area contributed by atoms with E-state index in [-0.39, 0.29) is 30.4 Å². The SMILES string of the molecule is CCCCc1ccc(C(=O)C[C@@H](CNC(=O)c2cnccn2)C(=O)N[C@@H](CC(C)C)B(O)O)cc1. The molecule has 35 heavy (non-hydrogen) atoms. The van der Waals surface area contributed by atoms with Crippen LogP contribution < -0.4 is 10.6 Å². The third kappa shape index (κ3) is 9.58. The highest BCUT2D eigenvalue weighted by molar-refractivity contribution is 6.43. The van der Waals surface area contributed by atoms with E-state index >= 15 is 0 Å². The first kappa shape index (κ1) is 28.1. The Kier molecular flexibility index (Phi) is 11.5. The van der Waals surface area contributed by atoms with Crippen LogP contribution in [-0.4, -0.2) is 57.2 Å². The molecule has 0 aliphatic rings. The van der Waals surface area contributed by atoms with Crippen molar-refractivity contribution < 1.29 is 24.4 Å². The van der Waals surface area contributed by atoms with Crippen LogP contribution >= 0.6 is 0 Å². The lowest BCUT2D eigenvalue weighted by Crippen LogP contribution is -2.50. The second kappa shape index (κ2) is 14.3. The molecular formula is C25H35BN4O5. The molecule has 0 aliphatic heterocycles. The highest BCUT2D eigenvalue weighted by Crippen LogP contribution is 2.15. The van der Waals surface area contributed by atoms with Crippen molar-refractivity contribution in [3.8, 4) is 0 Å². The molecule has 1 heterocycles. The van der Waals surface area contributed by atoms with Gasteiger partial charge < -0.3 is 20.7 Å². The van der Waals surface area contributed by atoms with Gasteiger partial charge in [0.2, 0.25) is 5.91 Å². The van der Waals surface area contributed by atoms with Crippen molar-refractivity contribution in [3.05, 3.63) is 59.7 Å². The summed E-state index contributed by atoms with van der Waals surface area (Å²) in [7, 11) is -1.75. The number of nitrogens with zero attached hydrogens (tertiary/aromatic N) is 2. The maximum Gasteiger partial charge on any atom is 0.475 e. The van der Waals surface area contributed by atoms with Gasteiger partial charge in [-0.2, -0.15) is 0 Å². The number of nitrogens with one attached hydrogen (secondary N) is 2. The Hall–Kier alpha value is -3.11. The third-order valence-electron chi connectivity index (χ3n) is 5.62. The van der Waals surface area contributed by atoms with Crippen LogP contribution in [0.1, 0.15) is 72.9 Å². The van der Waals surface area contributed by atoms with Gasteiger partial charge in [0.15, 0.2) is 5.78 Å². The molecule has 2 atom stereocenters. The van der Waals surface area contributed by atoms with Crippen LogP contribution in [0.25, 0.3) is 0 Å². The fourth-order valence-corrected chi connectivity index (χ4v) is 3.62. The second-order valence-electron chi connectivity index (χ2n) is 9.08. The van der Waals surface area contributed by atoms with Gasteiger partial charge >= 0.3 is 7.12 Å². The lowest BCUT2D eigenvalue weighted by atomic mass is 9.74. The van der Waals surface area contributed by atoms with Crippen LogP contribution in [0.15, 0.2) is 42.9 Å². The number of Topliss-reactive ketones (excluding diaryl/α,β-unsaturated/α-hetero) is 1. The van der Waals surface area contributed by atoms with E-state index in [4.69, 9.17) is 0 Å². The summed E-state index contributed by atoms with van der Waals surface area (Å²) in [6.45, 7) is 5.78. The molecule has 2 aromatic rings. The van der Waals surface area contributed by atoms with Gasteiger partial charge in [-0.1, -0.05) is 51.5 Å². The minimum atomic E-state index is -1.75. The van der Waals surface area contributed by atoms with Gasteiger partial charge in [0.25, 0.3) is 5.91 Å². The molecule has 0 saturated carbocycles. The molecule has 2 rings (SSSR count). The van der Waals surface area contributed by atoms with Gasteiger partial charge in [0.1, 0.15) is 5.69 Å². The van der Waals surface area contributed by atoms with Crippen molar-refractivity contribution in [1.29, 1.82) is 0 Å². The summed E-state index contributed by atoms with van der Waals surface area (Å²) in [6.07, 6.45) is 7.39. The molecule has 0 radical (unpaired) electrons. The molecule has 0 unspecified atom stereocenters. The Morgan fingerprint density at radius 1 is 1.09 bits per heavy atom. The van der Waals surface area contributed by atoms with Crippen LogP contribution in [0.4, 0.5) is 0 Å². The molecule has 2 amide bonds.